The molecular formula is C40H27N. The lowest BCUT2D eigenvalue weighted by Gasteiger charge is -2.27. The lowest BCUT2D eigenvalue weighted by molar-refractivity contribution is 1.30. The maximum Gasteiger partial charge on any atom is 0.0540 e. The number of hydrogen-bond donors (Lipinski definition) is 0. The van der Waals surface area contributed by atoms with Crippen molar-refractivity contribution >= 4 is 38.6 Å². The first-order valence-electron chi connectivity index (χ1n) is 13.9. The smallest absolute Gasteiger partial charge is 0.0540 e. The average molecular weight is 522 g/mol. The summed E-state index contributed by atoms with van der Waals surface area (Å²) in [5.41, 5.74) is 7.81. The van der Waals surface area contributed by atoms with Crippen molar-refractivity contribution < 1.29 is 0 Å². The molecule has 0 heterocycles. The second-order valence-electron chi connectivity index (χ2n) is 10.1. The molecule has 0 saturated carbocycles. The molecule has 0 N–H and O–H groups in total. The number of anilines is 3. The zero-order valence-corrected chi connectivity index (χ0v) is 22.5. The Morgan fingerprint density at radius 2 is 0.902 bits per heavy atom. The topological polar surface area (TPSA) is 3.24 Å². The van der Waals surface area contributed by atoms with Gasteiger partial charge >= 0.3 is 0 Å². The average Bonchev–Trinajstić information content (AvgIpc) is 3.05. The van der Waals surface area contributed by atoms with Crippen LogP contribution in [0.4, 0.5) is 17.1 Å². The van der Waals surface area contributed by atoms with Crippen LogP contribution in [0.25, 0.3) is 32.7 Å². The van der Waals surface area contributed by atoms with E-state index in [0.29, 0.717) is 0 Å². The quantitative estimate of drug-likeness (QED) is 0.208. The normalized spacial score (nSPS) is 10.7. The fourth-order valence-electron chi connectivity index (χ4n) is 5.43. The molecular weight excluding hydrogens is 494 g/mol. The van der Waals surface area contributed by atoms with Crippen LogP contribution in [0.3, 0.4) is 0 Å². The summed E-state index contributed by atoms with van der Waals surface area (Å²) < 4.78 is 0. The predicted molar refractivity (Wildman–Crippen MR) is 174 cm³/mol. The molecule has 0 amide bonds. The molecule has 7 aromatic rings. The van der Waals surface area contributed by atoms with Crippen molar-refractivity contribution in [3.05, 3.63) is 175 Å². The van der Waals surface area contributed by atoms with E-state index < -0.39 is 0 Å². The number of para-hydroxylation sites is 1. The van der Waals surface area contributed by atoms with Crippen molar-refractivity contribution in [2.45, 2.75) is 0 Å². The fraction of sp³-hybridized carbons (Fsp3) is 0. The van der Waals surface area contributed by atoms with Crippen LogP contribution in [-0.2, 0) is 0 Å². The lowest BCUT2D eigenvalue weighted by Crippen LogP contribution is -2.10. The van der Waals surface area contributed by atoms with Crippen molar-refractivity contribution in [1.29, 1.82) is 0 Å². The molecule has 0 atom stereocenters. The molecule has 0 spiro atoms. The molecule has 192 valence electrons. The Bertz CT molecular complexity index is 2020. The molecule has 0 aliphatic rings. The van der Waals surface area contributed by atoms with Crippen molar-refractivity contribution in [3.63, 3.8) is 0 Å². The van der Waals surface area contributed by atoms with Gasteiger partial charge in [-0.1, -0.05) is 127 Å². The van der Waals surface area contributed by atoms with Crippen LogP contribution >= 0.6 is 0 Å². The Morgan fingerprint density at radius 1 is 0.366 bits per heavy atom. The van der Waals surface area contributed by atoms with E-state index >= 15 is 0 Å². The van der Waals surface area contributed by atoms with Crippen LogP contribution in [-0.4, -0.2) is 0 Å². The van der Waals surface area contributed by atoms with E-state index in [1.54, 1.807) is 0 Å². The second-order valence-corrected chi connectivity index (χ2v) is 10.1. The van der Waals surface area contributed by atoms with Crippen LogP contribution in [0.2, 0.25) is 0 Å². The maximum atomic E-state index is 3.37. The summed E-state index contributed by atoms with van der Waals surface area (Å²) in [6.45, 7) is 0. The minimum atomic E-state index is 1.00. The summed E-state index contributed by atoms with van der Waals surface area (Å²) in [4.78, 5) is 2.33. The standard InChI is InChI=1S/C40H27N/c1-2-15-36(16-3-1)41(40-19-9-14-34-11-5-7-18-39(34)40)37-28-26-32(27-29-37)31-23-20-30(21-24-31)22-25-35-13-8-12-33-10-4-6-17-38(33)35/h1-21,23-24,26-29H. The Labute approximate surface area is 241 Å². The number of rotatable bonds is 4. The summed E-state index contributed by atoms with van der Waals surface area (Å²) in [7, 11) is 0. The summed E-state index contributed by atoms with van der Waals surface area (Å²) in [5, 5.41) is 4.85. The Balaban J connectivity index is 1.19. The maximum absolute atomic E-state index is 3.37. The van der Waals surface area contributed by atoms with Crippen LogP contribution in [0.1, 0.15) is 11.1 Å². The van der Waals surface area contributed by atoms with Gasteiger partial charge in [0.2, 0.25) is 0 Å². The third-order valence-electron chi connectivity index (χ3n) is 7.50. The lowest BCUT2D eigenvalue weighted by atomic mass is 10.0. The predicted octanol–water partition coefficient (Wildman–Crippen LogP) is 10.5. The number of benzene rings is 7. The van der Waals surface area contributed by atoms with Gasteiger partial charge in [0, 0.05) is 27.9 Å². The highest BCUT2D eigenvalue weighted by Crippen LogP contribution is 2.39. The summed E-state index contributed by atoms with van der Waals surface area (Å²) in [6.07, 6.45) is 0. The van der Waals surface area contributed by atoms with E-state index in [0.717, 1.165) is 28.2 Å². The van der Waals surface area contributed by atoms with Gasteiger partial charge in [0.25, 0.3) is 0 Å². The third kappa shape index (κ3) is 4.96. The fourth-order valence-corrected chi connectivity index (χ4v) is 5.43. The van der Waals surface area contributed by atoms with Crippen molar-refractivity contribution in [2.75, 3.05) is 4.90 Å². The third-order valence-corrected chi connectivity index (χ3v) is 7.50. The van der Waals surface area contributed by atoms with Gasteiger partial charge in [-0.2, -0.15) is 0 Å². The van der Waals surface area contributed by atoms with E-state index in [9.17, 15) is 0 Å². The molecule has 41 heavy (non-hydrogen) atoms. The largest absolute Gasteiger partial charge is 0.310 e. The molecule has 0 radical (unpaired) electrons. The molecule has 0 saturated heterocycles. The van der Waals surface area contributed by atoms with Crippen LogP contribution in [0, 0.1) is 11.8 Å². The van der Waals surface area contributed by atoms with Crippen molar-refractivity contribution in [1.82, 2.24) is 0 Å². The van der Waals surface area contributed by atoms with Gasteiger partial charge in [-0.25, -0.2) is 0 Å². The SMILES string of the molecule is C(#Cc1cccc2ccccc12)c1ccc(-c2ccc(N(c3ccccc3)c3cccc4ccccc34)cc2)cc1. The zero-order chi connectivity index (χ0) is 27.4. The van der Waals surface area contributed by atoms with E-state index in [-0.39, 0.29) is 0 Å². The molecule has 1 nitrogen and oxygen atoms in total. The highest BCUT2D eigenvalue weighted by Gasteiger charge is 2.15. The van der Waals surface area contributed by atoms with E-state index in [2.05, 4.69) is 181 Å². The molecule has 0 bridgehead atoms. The first-order chi connectivity index (χ1) is 20.3. The number of fused-ring (bicyclic) bond motifs is 2. The monoisotopic (exact) mass is 521 g/mol. The highest BCUT2D eigenvalue weighted by molar-refractivity contribution is 5.99. The highest BCUT2D eigenvalue weighted by atomic mass is 15.1. The van der Waals surface area contributed by atoms with Gasteiger partial charge in [-0.05, 0) is 75.8 Å². The van der Waals surface area contributed by atoms with Crippen molar-refractivity contribution in [2.24, 2.45) is 0 Å². The van der Waals surface area contributed by atoms with Gasteiger partial charge in [0.15, 0.2) is 0 Å². The summed E-state index contributed by atoms with van der Waals surface area (Å²) >= 11 is 0. The molecule has 0 aliphatic heterocycles. The second kappa shape index (κ2) is 10.9. The van der Waals surface area contributed by atoms with E-state index in [1.165, 1.54) is 32.7 Å². The molecule has 0 aliphatic carbocycles. The molecule has 0 unspecified atom stereocenters. The van der Waals surface area contributed by atoms with E-state index in [4.69, 9.17) is 0 Å². The molecule has 0 fully saturated rings. The Kier molecular flexibility index (Phi) is 6.50. The minimum absolute atomic E-state index is 1.00. The van der Waals surface area contributed by atoms with Gasteiger partial charge < -0.3 is 4.90 Å². The van der Waals surface area contributed by atoms with Crippen LogP contribution in [0.5, 0.6) is 0 Å². The van der Waals surface area contributed by atoms with Crippen molar-refractivity contribution in [3.8, 4) is 23.0 Å². The van der Waals surface area contributed by atoms with Crippen LogP contribution in [0.15, 0.2) is 164 Å². The first kappa shape index (κ1) is 24.5. The molecule has 0 aromatic heterocycles. The Hall–Kier alpha value is -5.58. The molecule has 7 aromatic carbocycles. The number of hydrogen-bond acceptors (Lipinski definition) is 1. The summed E-state index contributed by atoms with van der Waals surface area (Å²) in [5.74, 6) is 6.72. The van der Waals surface area contributed by atoms with Gasteiger partial charge in [0.05, 0.1) is 5.69 Å². The Morgan fingerprint density at radius 3 is 1.63 bits per heavy atom. The first-order valence-corrected chi connectivity index (χ1v) is 13.9. The number of nitrogens with zero attached hydrogens (tertiary/aromatic N) is 1. The van der Waals surface area contributed by atoms with Crippen LogP contribution < -0.4 is 4.90 Å². The molecule has 1 heteroatoms. The minimum Gasteiger partial charge on any atom is -0.310 e. The van der Waals surface area contributed by atoms with Gasteiger partial charge in [0.1, 0.15) is 0 Å². The van der Waals surface area contributed by atoms with Gasteiger partial charge in [-0.3, -0.25) is 0 Å². The zero-order valence-electron chi connectivity index (χ0n) is 22.5. The molecule has 7 rings (SSSR count). The van der Waals surface area contributed by atoms with E-state index in [1.807, 2.05) is 0 Å². The van der Waals surface area contributed by atoms with Gasteiger partial charge in [-0.15, -0.1) is 0 Å². The summed E-state index contributed by atoms with van der Waals surface area (Å²) in [6, 6.07) is 57.6.